The van der Waals surface area contributed by atoms with Crippen molar-refractivity contribution in [2.75, 3.05) is 18.4 Å². The lowest BCUT2D eigenvalue weighted by atomic mass is 10.1. The number of aromatic nitrogens is 1. The molecule has 0 bridgehead atoms. The normalized spacial score (nSPS) is 17.7. The zero-order valence-corrected chi connectivity index (χ0v) is 11.9. The van der Waals surface area contributed by atoms with E-state index >= 15 is 0 Å². The molecule has 0 aliphatic carbocycles. The molecule has 1 aromatic heterocycles. The Morgan fingerprint density at radius 2 is 2.10 bits per heavy atom. The number of anilines is 1. The van der Waals surface area contributed by atoms with Crippen LogP contribution in [0.2, 0.25) is 0 Å². The van der Waals surface area contributed by atoms with Crippen molar-refractivity contribution < 1.29 is 4.79 Å². The number of pyridine rings is 1. The van der Waals surface area contributed by atoms with E-state index in [1.54, 1.807) is 6.20 Å². The molecule has 1 fully saturated rings. The largest absolute Gasteiger partial charge is 0.379 e. The molecule has 3 rings (SSSR count). The maximum atomic E-state index is 12.3. The Bertz CT molecular complexity index is 585. The van der Waals surface area contributed by atoms with Crippen LogP contribution in [0, 0.1) is 0 Å². The van der Waals surface area contributed by atoms with Gasteiger partial charge in [0.25, 0.3) is 0 Å². The Morgan fingerprint density at radius 3 is 2.86 bits per heavy atom. The zero-order chi connectivity index (χ0) is 14.5. The zero-order valence-electron chi connectivity index (χ0n) is 11.9. The van der Waals surface area contributed by atoms with Gasteiger partial charge in [0, 0.05) is 31.5 Å². The van der Waals surface area contributed by atoms with Crippen molar-refractivity contribution in [3.8, 4) is 0 Å². The van der Waals surface area contributed by atoms with Gasteiger partial charge in [-0.2, -0.15) is 0 Å². The van der Waals surface area contributed by atoms with Crippen molar-refractivity contribution in [3.63, 3.8) is 0 Å². The summed E-state index contributed by atoms with van der Waals surface area (Å²) in [5, 5.41) is 3.43. The Kier molecular flexibility index (Phi) is 4.15. The highest BCUT2D eigenvalue weighted by molar-refractivity contribution is 5.79. The molecule has 0 spiro atoms. The van der Waals surface area contributed by atoms with E-state index in [-0.39, 0.29) is 5.91 Å². The van der Waals surface area contributed by atoms with Gasteiger partial charge in [0.1, 0.15) is 0 Å². The van der Waals surface area contributed by atoms with Crippen LogP contribution in [-0.2, 0) is 11.2 Å². The number of nitrogens with zero attached hydrogens (tertiary/aromatic N) is 2. The highest BCUT2D eigenvalue weighted by Gasteiger charge is 2.25. The number of rotatable bonds is 4. The summed E-state index contributed by atoms with van der Waals surface area (Å²) in [6, 6.07) is 14.1. The predicted molar refractivity (Wildman–Crippen MR) is 83.0 cm³/mol. The van der Waals surface area contributed by atoms with Crippen LogP contribution < -0.4 is 5.32 Å². The number of likely N-dealkylation sites (tertiary alicyclic amines) is 1. The minimum absolute atomic E-state index is 0.205. The van der Waals surface area contributed by atoms with Gasteiger partial charge in [-0.25, -0.2) is 0 Å². The number of amides is 1. The van der Waals surface area contributed by atoms with Gasteiger partial charge in [-0.3, -0.25) is 9.78 Å². The van der Waals surface area contributed by atoms with Crippen molar-refractivity contribution in [2.45, 2.75) is 18.9 Å². The minimum Gasteiger partial charge on any atom is -0.379 e. The Hall–Kier alpha value is -2.36. The molecule has 0 saturated carbocycles. The molecule has 21 heavy (non-hydrogen) atoms. The number of carbonyl (C=O) groups is 1. The van der Waals surface area contributed by atoms with Crippen LogP contribution in [0.5, 0.6) is 0 Å². The second kappa shape index (κ2) is 6.39. The smallest absolute Gasteiger partial charge is 0.227 e. The predicted octanol–water partition coefficient (Wildman–Crippen LogP) is 2.34. The Morgan fingerprint density at radius 1 is 1.24 bits per heavy atom. The molecule has 4 nitrogen and oxygen atoms in total. The number of carbonyl (C=O) groups excluding carboxylic acids is 1. The second-order valence-electron chi connectivity index (χ2n) is 5.37. The molecule has 1 aromatic carbocycles. The van der Waals surface area contributed by atoms with Gasteiger partial charge in [0.05, 0.1) is 12.1 Å². The average molecular weight is 281 g/mol. The summed E-state index contributed by atoms with van der Waals surface area (Å²) in [5.74, 6) is 0.205. The standard InChI is InChI=1S/C17H19N3O/c21-17(11-14-5-2-1-3-6-14)20-10-8-16(13-20)19-15-7-4-9-18-12-15/h1-7,9,12,16,19H,8,10-11,13H2. The van der Waals surface area contributed by atoms with Crippen LogP contribution in [0.1, 0.15) is 12.0 Å². The van der Waals surface area contributed by atoms with Crippen molar-refractivity contribution in [3.05, 3.63) is 60.4 Å². The molecule has 2 heterocycles. The fraction of sp³-hybridized carbons (Fsp3) is 0.294. The molecule has 1 atom stereocenters. The SMILES string of the molecule is O=C(Cc1ccccc1)N1CCC(Nc2cccnc2)C1. The molecule has 2 aromatic rings. The van der Waals surface area contributed by atoms with Gasteiger partial charge < -0.3 is 10.2 Å². The fourth-order valence-electron chi connectivity index (χ4n) is 2.67. The molecule has 1 saturated heterocycles. The first-order chi connectivity index (χ1) is 10.3. The summed E-state index contributed by atoms with van der Waals surface area (Å²) in [6.07, 6.45) is 5.04. The summed E-state index contributed by atoms with van der Waals surface area (Å²) in [5.41, 5.74) is 2.09. The lowest BCUT2D eigenvalue weighted by Crippen LogP contribution is -2.32. The molecule has 1 unspecified atom stereocenters. The maximum Gasteiger partial charge on any atom is 0.227 e. The maximum absolute atomic E-state index is 12.3. The average Bonchev–Trinajstić information content (AvgIpc) is 2.98. The highest BCUT2D eigenvalue weighted by atomic mass is 16.2. The van der Waals surface area contributed by atoms with Crippen molar-refractivity contribution >= 4 is 11.6 Å². The monoisotopic (exact) mass is 281 g/mol. The van der Waals surface area contributed by atoms with Gasteiger partial charge in [0.2, 0.25) is 5.91 Å². The van der Waals surface area contributed by atoms with Gasteiger partial charge in [-0.05, 0) is 24.1 Å². The van der Waals surface area contributed by atoms with Crippen LogP contribution in [0.4, 0.5) is 5.69 Å². The molecule has 4 heteroatoms. The second-order valence-corrected chi connectivity index (χ2v) is 5.37. The van der Waals surface area contributed by atoms with E-state index in [9.17, 15) is 4.79 Å². The summed E-state index contributed by atoms with van der Waals surface area (Å²) in [4.78, 5) is 18.3. The minimum atomic E-state index is 0.205. The lowest BCUT2D eigenvalue weighted by molar-refractivity contribution is -0.129. The van der Waals surface area contributed by atoms with Crippen LogP contribution in [0.25, 0.3) is 0 Å². The van der Waals surface area contributed by atoms with E-state index in [1.807, 2.05) is 53.6 Å². The summed E-state index contributed by atoms with van der Waals surface area (Å²) in [7, 11) is 0. The molecule has 1 amide bonds. The van der Waals surface area contributed by atoms with Crippen LogP contribution in [0.15, 0.2) is 54.9 Å². The summed E-state index contributed by atoms with van der Waals surface area (Å²) < 4.78 is 0. The lowest BCUT2D eigenvalue weighted by Gasteiger charge is -2.17. The van der Waals surface area contributed by atoms with E-state index in [0.717, 1.165) is 30.8 Å². The first kappa shape index (κ1) is 13.6. The van der Waals surface area contributed by atoms with E-state index in [4.69, 9.17) is 0 Å². The first-order valence-corrected chi connectivity index (χ1v) is 7.29. The molecular weight excluding hydrogens is 262 g/mol. The van der Waals surface area contributed by atoms with Gasteiger partial charge in [-0.15, -0.1) is 0 Å². The number of hydrogen-bond acceptors (Lipinski definition) is 3. The van der Waals surface area contributed by atoms with Crippen molar-refractivity contribution in [1.29, 1.82) is 0 Å². The fourth-order valence-corrected chi connectivity index (χ4v) is 2.67. The van der Waals surface area contributed by atoms with E-state index in [0.29, 0.717) is 12.5 Å². The Balaban J connectivity index is 1.53. The molecular formula is C17H19N3O. The van der Waals surface area contributed by atoms with Gasteiger partial charge in [-0.1, -0.05) is 30.3 Å². The number of nitrogens with one attached hydrogen (secondary N) is 1. The van der Waals surface area contributed by atoms with Crippen LogP contribution in [-0.4, -0.2) is 34.9 Å². The van der Waals surface area contributed by atoms with Gasteiger partial charge >= 0.3 is 0 Å². The van der Waals surface area contributed by atoms with E-state index in [2.05, 4.69) is 10.3 Å². The third kappa shape index (κ3) is 3.60. The summed E-state index contributed by atoms with van der Waals surface area (Å²) >= 11 is 0. The van der Waals surface area contributed by atoms with E-state index in [1.165, 1.54) is 0 Å². The van der Waals surface area contributed by atoms with Gasteiger partial charge in [0.15, 0.2) is 0 Å². The first-order valence-electron chi connectivity index (χ1n) is 7.29. The van der Waals surface area contributed by atoms with E-state index < -0.39 is 0 Å². The van der Waals surface area contributed by atoms with Crippen molar-refractivity contribution in [1.82, 2.24) is 9.88 Å². The number of benzene rings is 1. The Labute approximate surface area is 124 Å². The molecule has 1 aliphatic rings. The highest BCUT2D eigenvalue weighted by Crippen LogP contribution is 2.16. The molecule has 1 N–H and O–H groups in total. The quantitative estimate of drug-likeness (QED) is 0.935. The molecule has 0 radical (unpaired) electrons. The molecule has 1 aliphatic heterocycles. The summed E-state index contributed by atoms with van der Waals surface area (Å²) in [6.45, 7) is 1.59. The third-order valence-electron chi connectivity index (χ3n) is 3.77. The molecule has 108 valence electrons. The topological polar surface area (TPSA) is 45.2 Å². The third-order valence-corrected chi connectivity index (χ3v) is 3.77. The van der Waals surface area contributed by atoms with Crippen LogP contribution in [0.3, 0.4) is 0 Å². The van der Waals surface area contributed by atoms with Crippen molar-refractivity contribution in [2.24, 2.45) is 0 Å². The number of hydrogen-bond donors (Lipinski definition) is 1. The van der Waals surface area contributed by atoms with Crippen LogP contribution >= 0.6 is 0 Å².